The summed E-state index contributed by atoms with van der Waals surface area (Å²) in [6.45, 7) is 4.02. The molecule has 1 heterocycles. The van der Waals surface area contributed by atoms with Gasteiger partial charge in [-0.3, -0.25) is 4.79 Å². The quantitative estimate of drug-likeness (QED) is 0.896. The van der Waals surface area contributed by atoms with Gasteiger partial charge in [0.25, 0.3) is 5.91 Å². The van der Waals surface area contributed by atoms with Gasteiger partial charge < -0.3 is 10.1 Å². The Balaban J connectivity index is 1.90. The molecule has 4 nitrogen and oxygen atoms in total. The van der Waals surface area contributed by atoms with E-state index in [1.807, 2.05) is 6.92 Å². The van der Waals surface area contributed by atoms with Gasteiger partial charge in [-0.15, -0.1) is 11.3 Å². The number of aryl methyl sites for hydroxylation is 1. The number of amides is 1. The molecule has 0 radical (unpaired) electrons. The number of rotatable bonds is 5. The number of aromatic nitrogens is 1. The second-order valence-electron chi connectivity index (χ2n) is 4.40. The normalized spacial score (nSPS) is 12.0. The number of hydrogen-bond acceptors (Lipinski definition) is 4. The van der Waals surface area contributed by atoms with Crippen molar-refractivity contribution in [1.82, 2.24) is 10.3 Å². The standard InChI is InChI=1S/C14H14Cl2N2O2S/c1-8(20-13-4-3-10(15)5-12(13)16)14(19)18-7-11-6-17-9(2)21-11/h3-6,8H,7H2,1-2H3,(H,18,19). The van der Waals surface area contributed by atoms with Crippen LogP contribution in [-0.4, -0.2) is 17.0 Å². The smallest absolute Gasteiger partial charge is 0.261 e. The number of ether oxygens (including phenoxy) is 1. The van der Waals surface area contributed by atoms with Crippen LogP contribution in [-0.2, 0) is 11.3 Å². The van der Waals surface area contributed by atoms with Crippen molar-refractivity contribution in [1.29, 1.82) is 0 Å². The van der Waals surface area contributed by atoms with E-state index in [4.69, 9.17) is 27.9 Å². The second-order valence-corrected chi connectivity index (χ2v) is 6.56. The molecule has 1 amide bonds. The average Bonchev–Trinajstić information content (AvgIpc) is 2.85. The Labute approximate surface area is 137 Å². The molecule has 0 saturated heterocycles. The number of carbonyl (C=O) groups is 1. The van der Waals surface area contributed by atoms with Crippen LogP contribution in [0.5, 0.6) is 5.75 Å². The SMILES string of the molecule is Cc1ncc(CNC(=O)C(C)Oc2ccc(Cl)cc2Cl)s1. The molecule has 1 aromatic heterocycles. The van der Waals surface area contributed by atoms with Crippen LogP contribution in [0.2, 0.25) is 10.0 Å². The highest BCUT2D eigenvalue weighted by molar-refractivity contribution is 7.11. The topological polar surface area (TPSA) is 51.2 Å². The van der Waals surface area contributed by atoms with Gasteiger partial charge in [0.15, 0.2) is 6.10 Å². The number of thiazole rings is 1. The van der Waals surface area contributed by atoms with Gasteiger partial charge in [0.2, 0.25) is 0 Å². The van der Waals surface area contributed by atoms with Gasteiger partial charge in [-0.2, -0.15) is 0 Å². The molecule has 2 aromatic rings. The number of hydrogen-bond donors (Lipinski definition) is 1. The fraction of sp³-hybridized carbons (Fsp3) is 0.286. The first-order valence-corrected chi connectivity index (χ1v) is 7.83. The second kappa shape index (κ2) is 7.11. The fourth-order valence-corrected chi connectivity index (χ4v) is 2.81. The third-order valence-electron chi connectivity index (χ3n) is 2.67. The van der Waals surface area contributed by atoms with Crippen LogP contribution in [0.1, 0.15) is 16.8 Å². The van der Waals surface area contributed by atoms with E-state index in [0.717, 1.165) is 9.88 Å². The Bertz CT molecular complexity index is 646. The monoisotopic (exact) mass is 344 g/mol. The Morgan fingerprint density at radius 3 is 2.86 bits per heavy atom. The molecule has 1 atom stereocenters. The highest BCUT2D eigenvalue weighted by atomic mass is 35.5. The lowest BCUT2D eigenvalue weighted by Gasteiger charge is -2.15. The van der Waals surface area contributed by atoms with E-state index >= 15 is 0 Å². The molecule has 1 aromatic carbocycles. The van der Waals surface area contributed by atoms with E-state index in [9.17, 15) is 4.79 Å². The molecule has 7 heteroatoms. The molecule has 2 rings (SSSR count). The maximum Gasteiger partial charge on any atom is 0.261 e. The van der Waals surface area contributed by atoms with Crippen molar-refractivity contribution in [3.8, 4) is 5.75 Å². The van der Waals surface area contributed by atoms with E-state index in [2.05, 4.69) is 10.3 Å². The third-order valence-corrected chi connectivity index (χ3v) is 4.12. The van der Waals surface area contributed by atoms with Crippen molar-refractivity contribution in [2.75, 3.05) is 0 Å². The van der Waals surface area contributed by atoms with Crippen LogP contribution in [0.3, 0.4) is 0 Å². The molecule has 1 unspecified atom stereocenters. The van der Waals surface area contributed by atoms with Crippen LogP contribution in [0, 0.1) is 6.92 Å². The van der Waals surface area contributed by atoms with Crippen LogP contribution < -0.4 is 10.1 Å². The highest BCUT2D eigenvalue weighted by Gasteiger charge is 2.16. The lowest BCUT2D eigenvalue weighted by Crippen LogP contribution is -2.35. The van der Waals surface area contributed by atoms with Crippen LogP contribution in [0.25, 0.3) is 0 Å². The first-order valence-electron chi connectivity index (χ1n) is 6.26. The number of nitrogens with zero attached hydrogens (tertiary/aromatic N) is 1. The van der Waals surface area contributed by atoms with Gasteiger partial charge in [-0.05, 0) is 32.0 Å². The van der Waals surface area contributed by atoms with Crippen LogP contribution in [0.15, 0.2) is 24.4 Å². The summed E-state index contributed by atoms with van der Waals surface area (Å²) in [6, 6.07) is 4.87. The van der Waals surface area contributed by atoms with Gasteiger partial charge in [0, 0.05) is 16.1 Å². The number of nitrogens with one attached hydrogen (secondary N) is 1. The minimum atomic E-state index is -0.655. The lowest BCUT2D eigenvalue weighted by molar-refractivity contribution is -0.127. The van der Waals surface area contributed by atoms with Crippen molar-refractivity contribution in [3.63, 3.8) is 0 Å². The Morgan fingerprint density at radius 2 is 2.24 bits per heavy atom. The van der Waals surface area contributed by atoms with E-state index in [1.165, 1.54) is 0 Å². The van der Waals surface area contributed by atoms with Crippen molar-refractivity contribution in [2.24, 2.45) is 0 Å². The molecule has 0 bridgehead atoms. The molecule has 0 aliphatic carbocycles. The molecule has 0 spiro atoms. The summed E-state index contributed by atoms with van der Waals surface area (Å²) in [7, 11) is 0. The van der Waals surface area contributed by atoms with Gasteiger partial charge in [0.05, 0.1) is 16.6 Å². The summed E-state index contributed by atoms with van der Waals surface area (Å²) in [5.41, 5.74) is 0. The lowest BCUT2D eigenvalue weighted by atomic mass is 10.3. The average molecular weight is 345 g/mol. The summed E-state index contributed by atoms with van der Waals surface area (Å²) in [6.07, 6.45) is 1.10. The molecular weight excluding hydrogens is 331 g/mol. The van der Waals surface area contributed by atoms with Crippen LogP contribution in [0.4, 0.5) is 0 Å². The number of benzene rings is 1. The third kappa shape index (κ3) is 4.59. The van der Waals surface area contributed by atoms with Gasteiger partial charge in [-0.25, -0.2) is 4.98 Å². The molecule has 0 aliphatic heterocycles. The summed E-state index contributed by atoms with van der Waals surface area (Å²) in [5.74, 6) is 0.212. The maximum atomic E-state index is 12.0. The van der Waals surface area contributed by atoms with Gasteiger partial charge in [-0.1, -0.05) is 23.2 Å². The van der Waals surface area contributed by atoms with E-state index in [0.29, 0.717) is 22.3 Å². The minimum absolute atomic E-state index is 0.216. The van der Waals surface area contributed by atoms with Crippen molar-refractivity contribution in [3.05, 3.63) is 44.3 Å². The van der Waals surface area contributed by atoms with Gasteiger partial charge >= 0.3 is 0 Å². The largest absolute Gasteiger partial charge is 0.479 e. The van der Waals surface area contributed by atoms with E-state index < -0.39 is 6.10 Å². The van der Waals surface area contributed by atoms with Crippen LogP contribution >= 0.6 is 34.5 Å². The minimum Gasteiger partial charge on any atom is -0.479 e. The fourth-order valence-electron chi connectivity index (χ4n) is 1.62. The number of carbonyl (C=O) groups excluding carboxylic acids is 1. The first-order chi connectivity index (χ1) is 9.95. The summed E-state index contributed by atoms with van der Waals surface area (Å²) >= 11 is 13.4. The van der Waals surface area contributed by atoms with Gasteiger partial charge in [0.1, 0.15) is 5.75 Å². The van der Waals surface area contributed by atoms with Crippen molar-refractivity contribution < 1.29 is 9.53 Å². The number of halogens is 2. The zero-order chi connectivity index (χ0) is 15.4. The molecule has 0 saturated carbocycles. The van der Waals surface area contributed by atoms with Crippen molar-refractivity contribution >= 4 is 40.4 Å². The zero-order valence-electron chi connectivity index (χ0n) is 11.5. The molecule has 112 valence electrons. The Hall–Kier alpha value is -1.30. The summed E-state index contributed by atoms with van der Waals surface area (Å²) in [5, 5.41) is 4.66. The molecule has 21 heavy (non-hydrogen) atoms. The Kier molecular flexibility index (Phi) is 5.45. The van der Waals surface area contributed by atoms with E-state index in [-0.39, 0.29) is 5.91 Å². The summed E-state index contributed by atoms with van der Waals surface area (Å²) in [4.78, 5) is 17.1. The molecule has 0 aliphatic rings. The van der Waals surface area contributed by atoms with Crippen molar-refractivity contribution in [2.45, 2.75) is 26.5 Å². The zero-order valence-corrected chi connectivity index (χ0v) is 13.9. The van der Waals surface area contributed by atoms with E-state index in [1.54, 1.807) is 42.7 Å². The summed E-state index contributed by atoms with van der Waals surface area (Å²) < 4.78 is 5.54. The highest BCUT2D eigenvalue weighted by Crippen LogP contribution is 2.28. The molecule has 1 N–H and O–H groups in total. The predicted molar refractivity (Wildman–Crippen MR) is 85.2 cm³/mol. The Morgan fingerprint density at radius 1 is 1.48 bits per heavy atom. The molecule has 0 fully saturated rings. The maximum absolute atomic E-state index is 12.0. The molecular formula is C14H14Cl2N2O2S. The predicted octanol–water partition coefficient (Wildman–Crippen LogP) is 3.84. The first kappa shape index (κ1) is 16.1.